The van der Waals surface area contributed by atoms with Gasteiger partial charge in [0.1, 0.15) is 11.6 Å². The Balaban J connectivity index is 1.30. The maximum atomic E-state index is 14.6. The number of alkyl carbamates (subject to hydrolysis) is 1. The quantitative estimate of drug-likeness (QED) is 0.216. The largest absolute Gasteiger partial charge is 0.444 e. The maximum Gasteiger partial charge on any atom is 0.408 e. The number of halogens is 1. The first-order valence-corrected chi connectivity index (χ1v) is 14.8. The van der Waals surface area contributed by atoms with Gasteiger partial charge in [-0.15, -0.1) is 11.8 Å². The highest BCUT2D eigenvalue weighted by molar-refractivity contribution is 7.99. The average molecular weight is 592 g/mol. The molecule has 2 amide bonds. The summed E-state index contributed by atoms with van der Waals surface area (Å²) in [7, 11) is 0. The lowest BCUT2D eigenvalue weighted by Crippen LogP contribution is -2.46. The molecule has 1 aliphatic heterocycles. The molecule has 10 nitrogen and oxygen atoms in total. The van der Waals surface area contributed by atoms with Gasteiger partial charge < -0.3 is 25.3 Å². The molecule has 0 radical (unpaired) electrons. The monoisotopic (exact) mass is 591 g/mol. The van der Waals surface area contributed by atoms with Crippen molar-refractivity contribution in [3.05, 3.63) is 54.6 Å². The number of amides is 2. The molecule has 0 saturated heterocycles. The van der Waals surface area contributed by atoms with E-state index in [1.165, 1.54) is 0 Å². The number of benzene rings is 2. The zero-order valence-electron chi connectivity index (χ0n) is 24.2. The van der Waals surface area contributed by atoms with Crippen molar-refractivity contribution in [2.75, 3.05) is 16.4 Å². The molecule has 2 aromatic heterocycles. The zero-order valence-corrected chi connectivity index (χ0v) is 25.0. The molecule has 5 rings (SSSR count). The third-order valence-corrected chi connectivity index (χ3v) is 7.52. The summed E-state index contributed by atoms with van der Waals surface area (Å²) in [4.78, 5) is 37.7. The minimum atomic E-state index is -0.884. The number of hydrogen-bond acceptors (Lipinski definition) is 8. The van der Waals surface area contributed by atoms with E-state index in [0.717, 1.165) is 33.8 Å². The molecule has 220 valence electrons. The first-order valence-electron chi connectivity index (χ1n) is 13.8. The molecule has 0 spiro atoms. The molecule has 1 aliphatic rings. The second kappa shape index (κ2) is 12.0. The Morgan fingerprint density at radius 1 is 1.02 bits per heavy atom. The summed E-state index contributed by atoms with van der Waals surface area (Å²) in [5, 5.41) is 11.7. The van der Waals surface area contributed by atoms with E-state index in [1.54, 1.807) is 56.8 Å². The van der Waals surface area contributed by atoms with Crippen molar-refractivity contribution in [3.63, 3.8) is 0 Å². The van der Waals surface area contributed by atoms with Crippen LogP contribution in [0.1, 0.15) is 41.0 Å². The standard InChI is InChI=1S/C30H34FN7O3S/c1-17(2)16-22(34-29(40)41-30(3,4)5)25(39)32-18-10-12-19(13-11-18)33-28-36-24(35-27(31)37-28)23-20-8-6-7-9-21(20)26-38(23)14-15-42-26/h6-13,17,22H,14-16H2,1-5H3,(H,32,39)(H,34,40)(H,33,35,36,37). The number of hydrogen-bond donors (Lipinski definition) is 3. The normalized spacial score (nSPS) is 13.6. The van der Waals surface area contributed by atoms with E-state index in [9.17, 15) is 14.0 Å². The first kappa shape index (κ1) is 29.3. The van der Waals surface area contributed by atoms with E-state index < -0.39 is 23.8 Å². The van der Waals surface area contributed by atoms with E-state index in [0.29, 0.717) is 17.8 Å². The Labute approximate surface area is 247 Å². The number of carbonyl (C=O) groups is 2. The summed E-state index contributed by atoms with van der Waals surface area (Å²) in [6, 6.07) is 14.0. The predicted molar refractivity (Wildman–Crippen MR) is 162 cm³/mol. The lowest BCUT2D eigenvalue weighted by atomic mass is 10.0. The number of anilines is 3. The Hall–Kier alpha value is -4.19. The van der Waals surface area contributed by atoms with E-state index in [4.69, 9.17) is 4.74 Å². The van der Waals surface area contributed by atoms with Gasteiger partial charge in [0, 0.05) is 34.4 Å². The molecule has 12 heteroatoms. The molecule has 1 atom stereocenters. The third kappa shape index (κ3) is 6.81. The Morgan fingerprint density at radius 2 is 1.71 bits per heavy atom. The summed E-state index contributed by atoms with van der Waals surface area (Å²) in [6.07, 6.45) is -1.09. The summed E-state index contributed by atoms with van der Waals surface area (Å²) in [6.45, 7) is 10.0. The van der Waals surface area contributed by atoms with Crippen LogP contribution in [0.2, 0.25) is 0 Å². The lowest BCUT2D eigenvalue weighted by Gasteiger charge is -2.24. The summed E-state index contributed by atoms with van der Waals surface area (Å²) in [5.74, 6) is 1.07. The van der Waals surface area contributed by atoms with Gasteiger partial charge in [-0.1, -0.05) is 38.1 Å². The van der Waals surface area contributed by atoms with Crippen molar-refractivity contribution >= 4 is 51.9 Å². The van der Waals surface area contributed by atoms with Gasteiger partial charge in [-0.05, 0) is 57.4 Å². The fourth-order valence-electron chi connectivity index (χ4n) is 4.77. The van der Waals surface area contributed by atoms with Crippen LogP contribution < -0.4 is 16.0 Å². The maximum absolute atomic E-state index is 14.6. The van der Waals surface area contributed by atoms with Crippen LogP contribution in [0.5, 0.6) is 0 Å². The number of thioether (sulfide) groups is 1. The van der Waals surface area contributed by atoms with Gasteiger partial charge in [-0.2, -0.15) is 19.3 Å². The highest BCUT2D eigenvalue weighted by atomic mass is 32.2. The second-order valence-corrected chi connectivity index (χ2v) is 12.6. The van der Waals surface area contributed by atoms with Gasteiger partial charge in [0.05, 0.1) is 10.7 Å². The van der Waals surface area contributed by atoms with Crippen molar-refractivity contribution in [1.82, 2.24) is 24.8 Å². The van der Waals surface area contributed by atoms with Crippen LogP contribution in [0, 0.1) is 12.0 Å². The average Bonchev–Trinajstić information content (AvgIpc) is 3.49. The molecule has 0 fully saturated rings. The third-order valence-electron chi connectivity index (χ3n) is 6.42. The van der Waals surface area contributed by atoms with E-state index in [2.05, 4.69) is 41.5 Å². The van der Waals surface area contributed by atoms with Crippen LogP contribution in [0.4, 0.5) is 26.5 Å². The molecule has 0 saturated carbocycles. The van der Waals surface area contributed by atoms with Gasteiger partial charge >= 0.3 is 12.2 Å². The molecule has 42 heavy (non-hydrogen) atoms. The van der Waals surface area contributed by atoms with Crippen molar-refractivity contribution < 1.29 is 18.7 Å². The number of nitrogens with one attached hydrogen (secondary N) is 3. The Kier molecular flexibility index (Phi) is 8.35. The number of nitrogens with zero attached hydrogens (tertiary/aromatic N) is 4. The first-order chi connectivity index (χ1) is 20.0. The van der Waals surface area contributed by atoms with Crippen molar-refractivity contribution in [3.8, 4) is 11.5 Å². The lowest BCUT2D eigenvalue weighted by molar-refractivity contribution is -0.118. The summed E-state index contributed by atoms with van der Waals surface area (Å²) in [5.41, 5.74) is 1.21. The molecule has 4 aromatic rings. The highest BCUT2D eigenvalue weighted by Gasteiger charge is 2.26. The minimum absolute atomic E-state index is 0.0677. The predicted octanol–water partition coefficient (Wildman–Crippen LogP) is 6.36. The Bertz CT molecular complexity index is 1620. The summed E-state index contributed by atoms with van der Waals surface area (Å²) >= 11 is 1.76. The van der Waals surface area contributed by atoms with Crippen LogP contribution in [0.3, 0.4) is 0 Å². The number of aromatic nitrogens is 4. The van der Waals surface area contributed by atoms with Crippen LogP contribution in [-0.4, -0.2) is 48.9 Å². The second-order valence-electron chi connectivity index (χ2n) is 11.5. The van der Waals surface area contributed by atoms with Gasteiger partial charge in [-0.3, -0.25) is 4.79 Å². The molecule has 3 heterocycles. The van der Waals surface area contributed by atoms with Gasteiger partial charge in [0.25, 0.3) is 0 Å². The van der Waals surface area contributed by atoms with Gasteiger partial charge in [0.2, 0.25) is 11.9 Å². The molecule has 0 aliphatic carbocycles. The van der Waals surface area contributed by atoms with Gasteiger partial charge in [0.15, 0.2) is 5.82 Å². The van der Waals surface area contributed by atoms with Gasteiger partial charge in [-0.25, -0.2) is 4.79 Å². The molecule has 3 N–H and O–H groups in total. The summed E-state index contributed by atoms with van der Waals surface area (Å²) < 4.78 is 22.1. The SMILES string of the molecule is CC(C)CC(NC(=O)OC(C)(C)C)C(=O)Nc1ccc(Nc2nc(F)nc(-c3c4ccccc4c4n3CCS4)n2)cc1. The number of carbonyl (C=O) groups excluding carboxylic acids is 2. The van der Waals surface area contributed by atoms with Crippen LogP contribution >= 0.6 is 11.8 Å². The van der Waals surface area contributed by atoms with Crippen LogP contribution in [-0.2, 0) is 16.1 Å². The van der Waals surface area contributed by atoms with E-state index in [-0.39, 0.29) is 23.6 Å². The fraction of sp³-hybridized carbons (Fsp3) is 0.367. The number of ether oxygens (including phenoxy) is 1. The minimum Gasteiger partial charge on any atom is -0.444 e. The number of rotatable bonds is 8. The molecular formula is C30H34FN7O3S. The zero-order chi connectivity index (χ0) is 30.0. The van der Waals surface area contributed by atoms with E-state index >= 15 is 0 Å². The Morgan fingerprint density at radius 3 is 2.40 bits per heavy atom. The molecular weight excluding hydrogens is 557 g/mol. The van der Waals surface area contributed by atoms with Crippen LogP contribution in [0.15, 0.2) is 53.6 Å². The van der Waals surface area contributed by atoms with E-state index in [1.807, 2.05) is 32.0 Å². The molecule has 2 aromatic carbocycles. The molecule has 0 bridgehead atoms. The smallest absolute Gasteiger partial charge is 0.408 e. The fourth-order valence-corrected chi connectivity index (χ4v) is 5.91. The van der Waals surface area contributed by atoms with Crippen LogP contribution in [0.25, 0.3) is 22.3 Å². The van der Waals surface area contributed by atoms with Crippen molar-refractivity contribution in [1.29, 1.82) is 0 Å². The number of fused-ring (bicyclic) bond motifs is 3. The van der Waals surface area contributed by atoms with Crippen molar-refractivity contribution in [2.45, 2.75) is 64.3 Å². The highest BCUT2D eigenvalue weighted by Crippen LogP contribution is 2.41. The molecule has 1 unspecified atom stereocenters. The topological polar surface area (TPSA) is 123 Å². The van der Waals surface area contributed by atoms with Crippen molar-refractivity contribution in [2.24, 2.45) is 5.92 Å².